The zero-order valence-electron chi connectivity index (χ0n) is 17.4. The molecule has 0 spiro atoms. The molecule has 1 fully saturated rings. The molecule has 1 aliphatic heterocycles. The number of amides is 1. The van der Waals surface area contributed by atoms with Crippen molar-refractivity contribution in [3.8, 4) is 22.8 Å². The van der Waals surface area contributed by atoms with E-state index in [9.17, 15) is 4.79 Å². The SMILES string of the molecule is COc1ccc(-c2ccc(N3CCN(C(=O)c4cccc(Cl)c4)CC3)nn2)cc1OC. The zero-order chi connectivity index (χ0) is 21.8. The van der Waals surface area contributed by atoms with Crippen LogP contribution < -0.4 is 14.4 Å². The summed E-state index contributed by atoms with van der Waals surface area (Å²) in [7, 11) is 3.21. The van der Waals surface area contributed by atoms with E-state index < -0.39 is 0 Å². The molecule has 160 valence electrons. The highest BCUT2D eigenvalue weighted by molar-refractivity contribution is 6.30. The van der Waals surface area contributed by atoms with E-state index in [1.807, 2.05) is 35.2 Å². The smallest absolute Gasteiger partial charge is 0.254 e. The van der Waals surface area contributed by atoms with Crippen molar-refractivity contribution in [2.24, 2.45) is 0 Å². The molecular formula is C23H23ClN4O3. The van der Waals surface area contributed by atoms with Crippen LogP contribution in [0.1, 0.15) is 10.4 Å². The Morgan fingerprint density at radius 1 is 0.903 bits per heavy atom. The van der Waals surface area contributed by atoms with Crippen LogP contribution in [0.3, 0.4) is 0 Å². The number of anilines is 1. The van der Waals surface area contributed by atoms with Gasteiger partial charge in [0.2, 0.25) is 0 Å². The van der Waals surface area contributed by atoms with Crippen LogP contribution in [0.2, 0.25) is 5.02 Å². The van der Waals surface area contributed by atoms with Crippen LogP contribution in [0.25, 0.3) is 11.3 Å². The summed E-state index contributed by atoms with van der Waals surface area (Å²) in [5, 5.41) is 9.35. The van der Waals surface area contributed by atoms with Crippen molar-refractivity contribution in [2.45, 2.75) is 0 Å². The first-order valence-electron chi connectivity index (χ1n) is 9.95. The maximum Gasteiger partial charge on any atom is 0.254 e. The first-order valence-corrected chi connectivity index (χ1v) is 10.3. The third kappa shape index (κ3) is 4.56. The summed E-state index contributed by atoms with van der Waals surface area (Å²) in [4.78, 5) is 16.7. The third-order valence-corrected chi connectivity index (χ3v) is 5.53. The monoisotopic (exact) mass is 438 g/mol. The van der Waals surface area contributed by atoms with E-state index in [1.54, 1.807) is 38.5 Å². The largest absolute Gasteiger partial charge is 0.493 e. The molecule has 1 aromatic heterocycles. The molecule has 0 unspecified atom stereocenters. The number of aromatic nitrogens is 2. The molecule has 2 aromatic carbocycles. The van der Waals surface area contributed by atoms with Crippen LogP contribution in [-0.2, 0) is 0 Å². The first kappa shape index (κ1) is 20.9. The van der Waals surface area contributed by atoms with Crippen molar-refractivity contribution >= 4 is 23.3 Å². The van der Waals surface area contributed by atoms with E-state index in [-0.39, 0.29) is 5.91 Å². The lowest BCUT2D eigenvalue weighted by atomic mass is 10.1. The quantitative estimate of drug-likeness (QED) is 0.604. The predicted octanol–water partition coefficient (Wildman–Crippen LogP) is 3.78. The predicted molar refractivity (Wildman–Crippen MR) is 120 cm³/mol. The first-order chi connectivity index (χ1) is 15.1. The minimum Gasteiger partial charge on any atom is -0.493 e. The molecule has 0 radical (unpaired) electrons. The van der Waals surface area contributed by atoms with Gasteiger partial charge in [-0.05, 0) is 48.5 Å². The molecule has 0 saturated carbocycles. The number of hydrogen-bond donors (Lipinski definition) is 0. The summed E-state index contributed by atoms with van der Waals surface area (Å²) in [6.07, 6.45) is 0. The second kappa shape index (κ2) is 9.22. The Hall–Kier alpha value is -3.32. The molecule has 1 saturated heterocycles. The Morgan fingerprint density at radius 3 is 2.32 bits per heavy atom. The van der Waals surface area contributed by atoms with Gasteiger partial charge in [0.05, 0.1) is 19.9 Å². The molecule has 0 bridgehead atoms. The number of halogens is 1. The average Bonchev–Trinajstić information content (AvgIpc) is 2.83. The lowest BCUT2D eigenvalue weighted by Gasteiger charge is -2.35. The highest BCUT2D eigenvalue weighted by atomic mass is 35.5. The van der Waals surface area contributed by atoms with Gasteiger partial charge >= 0.3 is 0 Å². The van der Waals surface area contributed by atoms with Crippen molar-refractivity contribution < 1.29 is 14.3 Å². The standard InChI is InChI=1S/C23H23ClN4O3/c1-30-20-8-6-16(15-21(20)31-2)19-7-9-22(26-25-19)27-10-12-28(13-11-27)23(29)17-4-3-5-18(24)14-17/h3-9,14-15H,10-13H2,1-2H3. The van der Waals surface area contributed by atoms with E-state index in [2.05, 4.69) is 15.1 Å². The molecular weight excluding hydrogens is 416 g/mol. The Kier molecular flexibility index (Phi) is 6.23. The van der Waals surface area contributed by atoms with Crippen molar-refractivity contribution in [3.63, 3.8) is 0 Å². The molecule has 4 rings (SSSR count). The second-order valence-corrected chi connectivity index (χ2v) is 7.57. The molecule has 8 heteroatoms. The van der Waals surface area contributed by atoms with Crippen LogP contribution in [0.15, 0.2) is 54.6 Å². The molecule has 2 heterocycles. The molecule has 7 nitrogen and oxygen atoms in total. The Balaban J connectivity index is 1.41. The molecule has 0 aliphatic carbocycles. The number of carbonyl (C=O) groups is 1. The van der Waals surface area contributed by atoms with Gasteiger partial charge in [-0.3, -0.25) is 4.79 Å². The minimum atomic E-state index is -0.00275. The molecule has 1 aliphatic rings. The number of methoxy groups -OCH3 is 2. The summed E-state index contributed by atoms with van der Waals surface area (Å²) in [6.45, 7) is 2.61. The van der Waals surface area contributed by atoms with Crippen molar-refractivity contribution in [3.05, 3.63) is 65.2 Å². The molecule has 0 atom stereocenters. The molecule has 1 amide bonds. The van der Waals surface area contributed by atoms with Crippen LogP contribution in [0, 0.1) is 0 Å². The summed E-state index contributed by atoms with van der Waals surface area (Å²) >= 11 is 6.01. The maximum absolute atomic E-state index is 12.7. The maximum atomic E-state index is 12.7. The number of nitrogens with zero attached hydrogens (tertiary/aromatic N) is 4. The fraction of sp³-hybridized carbons (Fsp3) is 0.261. The fourth-order valence-corrected chi connectivity index (χ4v) is 3.78. The van der Waals surface area contributed by atoms with Crippen LogP contribution >= 0.6 is 11.6 Å². The second-order valence-electron chi connectivity index (χ2n) is 7.14. The number of piperazine rings is 1. The van der Waals surface area contributed by atoms with E-state index in [4.69, 9.17) is 21.1 Å². The van der Waals surface area contributed by atoms with Gasteiger partial charge in [0.1, 0.15) is 0 Å². The topological polar surface area (TPSA) is 67.8 Å². The van der Waals surface area contributed by atoms with Gasteiger partial charge in [0.15, 0.2) is 17.3 Å². The Morgan fingerprint density at radius 2 is 1.68 bits per heavy atom. The number of carbonyl (C=O) groups excluding carboxylic acids is 1. The van der Waals surface area contributed by atoms with Gasteiger partial charge < -0.3 is 19.3 Å². The van der Waals surface area contributed by atoms with Crippen LogP contribution in [-0.4, -0.2) is 61.4 Å². The Labute approximate surface area is 186 Å². The fourth-order valence-electron chi connectivity index (χ4n) is 3.59. The molecule has 31 heavy (non-hydrogen) atoms. The highest BCUT2D eigenvalue weighted by Gasteiger charge is 2.23. The Bertz CT molecular complexity index is 1070. The molecule has 0 N–H and O–H groups in total. The van der Waals surface area contributed by atoms with Crippen molar-refractivity contribution in [1.29, 1.82) is 0 Å². The lowest BCUT2D eigenvalue weighted by Crippen LogP contribution is -2.49. The van der Waals surface area contributed by atoms with Crippen LogP contribution in [0.4, 0.5) is 5.82 Å². The number of ether oxygens (including phenoxy) is 2. The number of benzene rings is 2. The number of hydrogen-bond acceptors (Lipinski definition) is 6. The number of rotatable bonds is 5. The summed E-state index contributed by atoms with van der Waals surface area (Å²) in [5.74, 6) is 2.10. The zero-order valence-corrected chi connectivity index (χ0v) is 18.2. The average molecular weight is 439 g/mol. The van der Waals surface area contributed by atoms with Gasteiger partial charge in [0, 0.05) is 42.3 Å². The van der Waals surface area contributed by atoms with Gasteiger partial charge in [-0.15, -0.1) is 10.2 Å². The van der Waals surface area contributed by atoms with E-state index >= 15 is 0 Å². The van der Waals surface area contributed by atoms with E-state index in [0.717, 1.165) is 17.1 Å². The van der Waals surface area contributed by atoms with Crippen molar-refractivity contribution in [1.82, 2.24) is 15.1 Å². The normalized spacial score (nSPS) is 13.8. The summed E-state index contributed by atoms with van der Waals surface area (Å²) in [6, 6.07) is 16.6. The van der Waals surface area contributed by atoms with Gasteiger partial charge in [0.25, 0.3) is 5.91 Å². The van der Waals surface area contributed by atoms with E-state index in [0.29, 0.717) is 48.3 Å². The van der Waals surface area contributed by atoms with Gasteiger partial charge in [-0.25, -0.2) is 0 Å². The lowest BCUT2D eigenvalue weighted by molar-refractivity contribution is 0.0746. The van der Waals surface area contributed by atoms with Gasteiger partial charge in [-0.2, -0.15) is 0 Å². The summed E-state index contributed by atoms with van der Waals surface area (Å²) in [5.41, 5.74) is 2.26. The van der Waals surface area contributed by atoms with E-state index in [1.165, 1.54) is 0 Å². The van der Waals surface area contributed by atoms with Crippen molar-refractivity contribution in [2.75, 3.05) is 45.3 Å². The highest BCUT2D eigenvalue weighted by Crippen LogP contribution is 2.31. The minimum absolute atomic E-state index is 0.00275. The molecule has 3 aromatic rings. The summed E-state index contributed by atoms with van der Waals surface area (Å²) < 4.78 is 10.6. The van der Waals surface area contributed by atoms with Crippen LogP contribution in [0.5, 0.6) is 11.5 Å². The van der Waals surface area contributed by atoms with Gasteiger partial charge in [-0.1, -0.05) is 17.7 Å². The third-order valence-electron chi connectivity index (χ3n) is 5.29.